The van der Waals surface area contributed by atoms with Crippen LogP contribution in [0.1, 0.15) is 27.8 Å². The number of nitrogens with zero attached hydrogens (tertiary/aromatic N) is 3. The van der Waals surface area contributed by atoms with E-state index in [2.05, 4.69) is 20.4 Å². The quantitative estimate of drug-likeness (QED) is 0.623. The zero-order chi connectivity index (χ0) is 22.5. The minimum absolute atomic E-state index is 0.0642. The van der Waals surface area contributed by atoms with E-state index < -0.39 is 40.7 Å². The molecule has 10 nitrogen and oxygen atoms in total. The van der Waals surface area contributed by atoms with Gasteiger partial charge in [0.15, 0.2) is 5.69 Å². The number of aromatic hydroxyl groups is 1. The molecule has 0 spiro atoms. The lowest BCUT2D eigenvalue weighted by Gasteiger charge is -2.21. The minimum Gasteiger partial charge on any atom is -0.501 e. The van der Waals surface area contributed by atoms with Crippen LogP contribution in [-0.4, -0.2) is 65.3 Å². The molecule has 1 aromatic carbocycles. The van der Waals surface area contributed by atoms with Gasteiger partial charge in [-0.2, -0.15) is 0 Å². The molecular weight excluding hydrogens is 409 g/mol. The molecule has 0 bridgehead atoms. The van der Waals surface area contributed by atoms with Crippen LogP contribution in [-0.2, 0) is 17.8 Å². The van der Waals surface area contributed by atoms with E-state index in [-0.39, 0.29) is 25.5 Å². The number of alkyl carbamates (subject to hydrolysis) is 1. The maximum absolute atomic E-state index is 13.0. The molecule has 1 aromatic heterocycles. The Bertz CT molecular complexity index is 1020. The molecule has 3 rings (SSSR count). The molecule has 3 N–H and O–H groups in total. The molecule has 0 aliphatic carbocycles. The van der Waals surface area contributed by atoms with Gasteiger partial charge in [-0.3, -0.25) is 14.2 Å². The van der Waals surface area contributed by atoms with Crippen molar-refractivity contribution in [2.45, 2.75) is 19.0 Å². The second-order valence-corrected chi connectivity index (χ2v) is 7.26. The molecule has 1 aliphatic heterocycles. The standard InChI is InChI=1S/C20H24FN5O5/c1-25-7-8-26-17(13(11-25)10-23-20(30)31-2)24-15(16(27)19(26)29)18(28)22-9-12-3-5-14(21)6-4-12/h3-6,13,27H,7-11H2,1-2H3,(H,22,28)(H,23,30). The Balaban J connectivity index is 1.89. The van der Waals surface area contributed by atoms with Crippen LogP contribution in [0.25, 0.3) is 0 Å². The van der Waals surface area contributed by atoms with Crippen LogP contribution in [0.15, 0.2) is 29.1 Å². The summed E-state index contributed by atoms with van der Waals surface area (Å²) in [5.74, 6) is -2.01. The van der Waals surface area contributed by atoms with Crippen molar-refractivity contribution in [2.24, 2.45) is 0 Å². The predicted octanol–water partition coefficient (Wildman–Crippen LogP) is 0.403. The van der Waals surface area contributed by atoms with Gasteiger partial charge in [0, 0.05) is 38.6 Å². The summed E-state index contributed by atoms with van der Waals surface area (Å²) in [7, 11) is 3.10. The topological polar surface area (TPSA) is 126 Å². The van der Waals surface area contributed by atoms with E-state index in [1.165, 1.54) is 35.9 Å². The number of ether oxygens (including phenoxy) is 1. The Labute approximate surface area is 177 Å². The highest BCUT2D eigenvalue weighted by Gasteiger charge is 2.29. The first-order valence-electron chi connectivity index (χ1n) is 9.66. The molecule has 31 heavy (non-hydrogen) atoms. The zero-order valence-corrected chi connectivity index (χ0v) is 17.2. The fourth-order valence-corrected chi connectivity index (χ4v) is 3.37. The summed E-state index contributed by atoms with van der Waals surface area (Å²) in [5, 5.41) is 15.5. The van der Waals surface area contributed by atoms with Crippen LogP contribution in [0, 0.1) is 5.82 Å². The summed E-state index contributed by atoms with van der Waals surface area (Å²) in [5.41, 5.74) is -0.483. The van der Waals surface area contributed by atoms with Crippen molar-refractivity contribution in [1.82, 2.24) is 25.1 Å². The number of hydrogen-bond acceptors (Lipinski definition) is 7. The summed E-state index contributed by atoms with van der Waals surface area (Å²) in [6.07, 6.45) is -0.628. The third kappa shape index (κ3) is 5.18. The highest BCUT2D eigenvalue weighted by Crippen LogP contribution is 2.20. The van der Waals surface area contributed by atoms with Gasteiger partial charge in [0.25, 0.3) is 11.5 Å². The van der Waals surface area contributed by atoms with Crippen LogP contribution in [0.3, 0.4) is 0 Å². The number of halogens is 1. The molecule has 1 atom stereocenters. The Morgan fingerprint density at radius 2 is 1.97 bits per heavy atom. The molecule has 0 fully saturated rings. The average molecular weight is 433 g/mol. The second kappa shape index (κ2) is 9.56. The lowest BCUT2D eigenvalue weighted by molar-refractivity contribution is 0.0941. The predicted molar refractivity (Wildman–Crippen MR) is 108 cm³/mol. The van der Waals surface area contributed by atoms with Gasteiger partial charge in [-0.1, -0.05) is 12.1 Å². The summed E-state index contributed by atoms with van der Waals surface area (Å²) >= 11 is 0. The Morgan fingerprint density at radius 1 is 1.26 bits per heavy atom. The molecule has 166 valence electrons. The number of amides is 2. The number of nitrogens with one attached hydrogen (secondary N) is 2. The van der Waals surface area contributed by atoms with Gasteiger partial charge in [0.05, 0.1) is 7.11 Å². The van der Waals surface area contributed by atoms with Crippen molar-refractivity contribution in [3.05, 3.63) is 57.5 Å². The fraction of sp³-hybridized carbons (Fsp3) is 0.400. The van der Waals surface area contributed by atoms with Crippen molar-refractivity contribution < 1.29 is 23.8 Å². The molecular formula is C20H24FN5O5. The summed E-state index contributed by atoms with van der Waals surface area (Å²) in [4.78, 5) is 43.2. The highest BCUT2D eigenvalue weighted by atomic mass is 19.1. The van der Waals surface area contributed by atoms with Gasteiger partial charge in [0.1, 0.15) is 11.6 Å². The van der Waals surface area contributed by atoms with E-state index in [9.17, 15) is 23.9 Å². The SMILES string of the molecule is COC(=O)NCC1CN(C)CCn2c1nc(C(=O)NCc1ccc(F)cc1)c(O)c2=O. The Hall–Kier alpha value is -3.47. The Kier molecular flexibility index (Phi) is 6.85. The normalized spacial score (nSPS) is 16.2. The lowest BCUT2D eigenvalue weighted by Crippen LogP contribution is -2.36. The van der Waals surface area contributed by atoms with Crippen molar-refractivity contribution >= 4 is 12.0 Å². The van der Waals surface area contributed by atoms with E-state index >= 15 is 0 Å². The monoisotopic (exact) mass is 433 g/mol. The summed E-state index contributed by atoms with van der Waals surface area (Å²) in [6.45, 7) is 1.47. The molecule has 2 heterocycles. The van der Waals surface area contributed by atoms with Crippen LogP contribution < -0.4 is 16.2 Å². The molecule has 0 saturated carbocycles. The molecule has 1 unspecified atom stereocenters. The van der Waals surface area contributed by atoms with Gasteiger partial charge in [-0.15, -0.1) is 0 Å². The number of aromatic nitrogens is 2. The number of hydrogen-bond donors (Lipinski definition) is 3. The lowest BCUT2D eigenvalue weighted by atomic mass is 10.1. The molecule has 2 amide bonds. The van der Waals surface area contributed by atoms with Gasteiger partial charge in [0.2, 0.25) is 5.75 Å². The molecule has 2 aromatic rings. The van der Waals surface area contributed by atoms with Gasteiger partial charge in [-0.05, 0) is 24.7 Å². The number of methoxy groups -OCH3 is 1. The number of likely N-dealkylation sites (N-methyl/N-ethyl adjacent to an activating group) is 1. The van der Waals surface area contributed by atoms with Crippen molar-refractivity contribution in [1.29, 1.82) is 0 Å². The van der Waals surface area contributed by atoms with E-state index in [1.54, 1.807) is 0 Å². The Morgan fingerprint density at radius 3 is 2.65 bits per heavy atom. The molecule has 1 aliphatic rings. The number of benzene rings is 1. The smallest absolute Gasteiger partial charge is 0.406 e. The van der Waals surface area contributed by atoms with E-state index in [0.29, 0.717) is 18.7 Å². The number of carbonyl (C=O) groups is 2. The largest absolute Gasteiger partial charge is 0.501 e. The van der Waals surface area contributed by atoms with Gasteiger partial charge >= 0.3 is 6.09 Å². The van der Waals surface area contributed by atoms with Crippen LogP contribution in [0.4, 0.5) is 9.18 Å². The van der Waals surface area contributed by atoms with Gasteiger partial charge < -0.3 is 25.4 Å². The van der Waals surface area contributed by atoms with Crippen LogP contribution in [0.2, 0.25) is 0 Å². The van der Waals surface area contributed by atoms with Gasteiger partial charge in [-0.25, -0.2) is 14.2 Å². The van der Waals surface area contributed by atoms with Crippen molar-refractivity contribution in [3.8, 4) is 5.75 Å². The fourth-order valence-electron chi connectivity index (χ4n) is 3.37. The summed E-state index contributed by atoms with van der Waals surface area (Å²) in [6, 6.07) is 5.56. The maximum atomic E-state index is 13.0. The minimum atomic E-state index is -0.746. The first-order valence-corrected chi connectivity index (χ1v) is 9.66. The number of rotatable bonds is 5. The summed E-state index contributed by atoms with van der Waals surface area (Å²) < 4.78 is 18.9. The first kappa shape index (κ1) is 22.2. The molecule has 0 radical (unpaired) electrons. The maximum Gasteiger partial charge on any atom is 0.406 e. The first-order chi connectivity index (χ1) is 14.8. The van der Waals surface area contributed by atoms with Crippen LogP contribution >= 0.6 is 0 Å². The van der Waals surface area contributed by atoms with E-state index in [0.717, 1.165) is 0 Å². The third-order valence-electron chi connectivity index (χ3n) is 5.04. The second-order valence-electron chi connectivity index (χ2n) is 7.26. The van der Waals surface area contributed by atoms with E-state index in [4.69, 9.17) is 0 Å². The van der Waals surface area contributed by atoms with Crippen LogP contribution in [0.5, 0.6) is 5.75 Å². The average Bonchev–Trinajstić information content (AvgIpc) is 2.92. The number of carbonyl (C=O) groups excluding carboxylic acids is 2. The van der Waals surface area contributed by atoms with E-state index in [1.807, 2.05) is 11.9 Å². The highest BCUT2D eigenvalue weighted by molar-refractivity contribution is 5.94. The number of fused-ring (bicyclic) bond motifs is 1. The molecule has 0 saturated heterocycles. The van der Waals surface area contributed by atoms with Crippen molar-refractivity contribution in [3.63, 3.8) is 0 Å². The van der Waals surface area contributed by atoms with Crippen molar-refractivity contribution in [2.75, 3.05) is 33.8 Å². The zero-order valence-electron chi connectivity index (χ0n) is 17.2. The molecule has 11 heteroatoms. The third-order valence-corrected chi connectivity index (χ3v) is 5.04.